The Hall–Kier alpha value is -0.900. The molecule has 3 unspecified atom stereocenters. The fourth-order valence-corrected chi connectivity index (χ4v) is 3.74. The van der Waals surface area contributed by atoms with Gasteiger partial charge in [0.25, 0.3) is 0 Å². The van der Waals surface area contributed by atoms with Crippen LogP contribution in [0.15, 0.2) is 30.3 Å². The van der Waals surface area contributed by atoms with Crippen LogP contribution in [0.25, 0.3) is 0 Å². The number of piperazine rings is 1. The van der Waals surface area contributed by atoms with E-state index in [-0.39, 0.29) is 0 Å². The van der Waals surface area contributed by atoms with Gasteiger partial charge in [0, 0.05) is 37.8 Å². The van der Waals surface area contributed by atoms with Crippen LogP contribution in [-0.4, -0.2) is 49.3 Å². The molecule has 21 heavy (non-hydrogen) atoms. The van der Waals surface area contributed by atoms with Crippen LogP contribution in [0.5, 0.6) is 0 Å². The lowest BCUT2D eigenvalue weighted by atomic mass is 9.97. The molecule has 3 nitrogen and oxygen atoms in total. The van der Waals surface area contributed by atoms with Gasteiger partial charge in [-0.2, -0.15) is 0 Å². The predicted molar refractivity (Wildman–Crippen MR) is 86.6 cm³/mol. The summed E-state index contributed by atoms with van der Waals surface area (Å²) in [5.74, 6) is 0. The molecule has 2 saturated heterocycles. The van der Waals surface area contributed by atoms with Crippen molar-refractivity contribution in [3.63, 3.8) is 0 Å². The van der Waals surface area contributed by atoms with Crippen molar-refractivity contribution < 1.29 is 4.74 Å². The van der Waals surface area contributed by atoms with Crippen LogP contribution in [-0.2, 0) is 11.2 Å². The second-order valence-corrected chi connectivity index (χ2v) is 6.45. The Kier molecular flexibility index (Phi) is 5.28. The number of hydrogen-bond acceptors (Lipinski definition) is 3. The summed E-state index contributed by atoms with van der Waals surface area (Å²) in [6.07, 6.45) is 4.88. The third-order valence-electron chi connectivity index (χ3n) is 4.87. The largest absolute Gasteiger partial charge is 0.380 e. The molecule has 2 heterocycles. The summed E-state index contributed by atoms with van der Waals surface area (Å²) in [7, 11) is 0. The summed E-state index contributed by atoms with van der Waals surface area (Å²) in [4.78, 5) is 2.73. The number of hydrogen-bond donors (Lipinski definition) is 1. The van der Waals surface area contributed by atoms with E-state index in [1.165, 1.54) is 31.4 Å². The SMILES string of the molecule is CCCC1CN(C2CCOC2)C(Cc2ccccc2)CN1. The van der Waals surface area contributed by atoms with Crippen molar-refractivity contribution in [2.45, 2.75) is 50.7 Å². The van der Waals surface area contributed by atoms with E-state index < -0.39 is 0 Å². The monoisotopic (exact) mass is 288 g/mol. The van der Waals surface area contributed by atoms with Gasteiger partial charge < -0.3 is 10.1 Å². The Bertz CT molecular complexity index is 416. The van der Waals surface area contributed by atoms with Gasteiger partial charge in [0.1, 0.15) is 0 Å². The quantitative estimate of drug-likeness (QED) is 0.901. The maximum Gasteiger partial charge on any atom is 0.0622 e. The van der Waals surface area contributed by atoms with Crippen LogP contribution in [0, 0.1) is 0 Å². The zero-order valence-corrected chi connectivity index (χ0v) is 13.1. The molecule has 1 N–H and O–H groups in total. The van der Waals surface area contributed by atoms with Crippen LogP contribution in [0.3, 0.4) is 0 Å². The molecule has 0 aromatic heterocycles. The first-order valence-corrected chi connectivity index (χ1v) is 8.47. The first-order chi connectivity index (χ1) is 10.4. The number of rotatable bonds is 5. The van der Waals surface area contributed by atoms with E-state index in [9.17, 15) is 0 Å². The molecule has 1 aromatic carbocycles. The van der Waals surface area contributed by atoms with E-state index in [4.69, 9.17) is 4.74 Å². The third kappa shape index (κ3) is 3.85. The van der Waals surface area contributed by atoms with E-state index in [1.54, 1.807) is 0 Å². The highest BCUT2D eigenvalue weighted by Crippen LogP contribution is 2.22. The summed E-state index contributed by atoms with van der Waals surface area (Å²) >= 11 is 0. The number of ether oxygens (including phenoxy) is 1. The molecule has 3 rings (SSSR count). The van der Waals surface area contributed by atoms with Crippen LogP contribution in [0.1, 0.15) is 31.7 Å². The van der Waals surface area contributed by atoms with Crippen molar-refractivity contribution >= 4 is 0 Å². The van der Waals surface area contributed by atoms with Gasteiger partial charge in [-0.15, -0.1) is 0 Å². The van der Waals surface area contributed by atoms with E-state index in [0.717, 1.165) is 26.2 Å². The van der Waals surface area contributed by atoms with Crippen molar-refractivity contribution in [2.75, 3.05) is 26.3 Å². The molecule has 2 aliphatic heterocycles. The highest BCUT2D eigenvalue weighted by Gasteiger charge is 2.34. The molecule has 2 fully saturated rings. The van der Waals surface area contributed by atoms with Gasteiger partial charge in [0.2, 0.25) is 0 Å². The lowest BCUT2D eigenvalue weighted by molar-refractivity contribution is 0.0678. The summed E-state index contributed by atoms with van der Waals surface area (Å²) in [6, 6.07) is 12.8. The van der Waals surface area contributed by atoms with Gasteiger partial charge in [-0.3, -0.25) is 4.90 Å². The highest BCUT2D eigenvalue weighted by molar-refractivity contribution is 5.16. The second kappa shape index (κ2) is 7.39. The third-order valence-corrected chi connectivity index (χ3v) is 4.87. The van der Waals surface area contributed by atoms with Crippen molar-refractivity contribution in [3.05, 3.63) is 35.9 Å². The average Bonchev–Trinajstić information content (AvgIpc) is 3.04. The zero-order chi connectivity index (χ0) is 14.5. The molecule has 116 valence electrons. The minimum Gasteiger partial charge on any atom is -0.380 e. The Morgan fingerprint density at radius 2 is 2.14 bits per heavy atom. The number of nitrogens with one attached hydrogen (secondary N) is 1. The van der Waals surface area contributed by atoms with Crippen molar-refractivity contribution in [1.29, 1.82) is 0 Å². The van der Waals surface area contributed by atoms with Gasteiger partial charge in [0.05, 0.1) is 6.61 Å². The predicted octanol–water partition coefficient (Wildman–Crippen LogP) is 2.46. The minimum absolute atomic E-state index is 0.604. The maximum absolute atomic E-state index is 5.64. The molecule has 1 aromatic rings. The standard InChI is InChI=1S/C18H28N2O/c1-2-6-16-13-20(17-9-10-21-14-17)18(12-19-16)11-15-7-4-3-5-8-15/h3-5,7-8,16-19H,2,6,9-14H2,1H3. The van der Waals surface area contributed by atoms with E-state index in [2.05, 4.69) is 47.5 Å². The first-order valence-electron chi connectivity index (χ1n) is 8.47. The van der Waals surface area contributed by atoms with Gasteiger partial charge in [-0.25, -0.2) is 0 Å². The normalized spacial score (nSPS) is 30.6. The summed E-state index contributed by atoms with van der Waals surface area (Å²) < 4.78 is 5.64. The Morgan fingerprint density at radius 3 is 2.86 bits per heavy atom. The molecule has 0 radical (unpaired) electrons. The topological polar surface area (TPSA) is 24.5 Å². The van der Waals surface area contributed by atoms with Gasteiger partial charge in [-0.05, 0) is 24.8 Å². The highest BCUT2D eigenvalue weighted by atomic mass is 16.5. The lowest BCUT2D eigenvalue weighted by Gasteiger charge is -2.43. The molecular formula is C18H28N2O. The van der Waals surface area contributed by atoms with Crippen LogP contribution < -0.4 is 5.32 Å². The number of nitrogens with zero attached hydrogens (tertiary/aromatic N) is 1. The van der Waals surface area contributed by atoms with Crippen LogP contribution >= 0.6 is 0 Å². The molecule has 0 spiro atoms. The first kappa shape index (κ1) is 15.0. The molecule has 0 aliphatic carbocycles. The molecule has 0 saturated carbocycles. The molecule has 0 bridgehead atoms. The fourth-order valence-electron chi connectivity index (χ4n) is 3.74. The van der Waals surface area contributed by atoms with Crippen molar-refractivity contribution in [3.8, 4) is 0 Å². The van der Waals surface area contributed by atoms with E-state index in [0.29, 0.717) is 18.1 Å². The van der Waals surface area contributed by atoms with Gasteiger partial charge in [-0.1, -0.05) is 43.7 Å². The summed E-state index contributed by atoms with van der Waals surface area (Å²) in [6.45, 7) is 6.42. The Morgan fingerprint density at radius 1 is 1.29 bits per heavy atom. The van der Waals surface area contributed by atoms with Crippen LogP contribution in [0.4, 0.5) is 0 Å². The van der Waals surface area contributed by atoms with Crippen molar-refractivity contribution in [2.24, 2.45) is 0 Å². The molecule has 0 amide bonds. The molecular weight excluding hydrogens is 260 g/mol. The molecule has 2 aliphatic rings. The van der Waals surface area contributed by atoms with Gasteiger partial charge in [0.15, 0.2) is 0 Å². The Labute approximate surface area is 128 Å². The van der Waals surface area contributed by atoms with Gasteiger partial charge >= 0.3 is 0 Å². The van der Waals surface area contributed by atoms with Crippen LogP contribution in [0.2, 0.25) is 0 Å². The number of benzene rings is 1. The average molecular weight is 288 g/mol. The van der Waals surface area contributed by atoms with E-state index >= 15 is 0 Å². The molecule has 3 atom stereocenters. The van der Waals surface area contributed by atoms with Crippen molar-refractivity contribution in [1.82, 2.24) is 10.2 Å². The summed E-state index contributed by atoms with van der Waals surface area (Å²) in [5.41, 5.74) is 1.45. The molecule has 3 heteroatoms. The zero-order valence-electron chi connectivity index (χ0n) is 13.1. The fraction of sp³-hybridized carbons (Fsp3) is 0.667. The van der Waals surface area contributed by atoms with E-state index in [1.807, 2.05) is 0 Å². The minimum atomic E-state index is 0.604. The Balaban J connectivity index is 1.68. The smallest absolute Gasteiger partial charge is 0.0622 e. The summed E-state index contributed by atoms with van der Waals surface area (Å²) in [5, 5.41) is 3.76. The second-order valence-electron chi connectivity index (χ2n) is 6.45. The maximum atomic E-state index is 5.64. The lowest BCUT2D eigenvalue weighted by Crippen LogP contribution is -2.60.